The summed E-state index contributed by atoms with van der Waals surface area (Å²) < 4.78 is 29.6. The second-order valence-corrected chi connectivity index (χ2v) is 10.7. The van der Waals surface area contributed by atoms with E-state index in [1.807, 2.05) is 0 Å². The van der Waals surface area contributed by atoms with Gasteiger partial charge in [-0.3, -0.25) is 0 Å². The van der Waals surface area contributed by atoms with Gasteiger partial charge in [-0.1, -0.05) is 12.5 Å². The molecule has 6 rings (SSSR count). The van der Waals surface area contributed by atoms with Crippen molar-refractivity contribution in [3.8, 4) is 28.3 Å². The van der Waals surface area contributed by atoms with Crippen LogP contribution in [0.5, 0.6) is 5.75 Å². The van der Waals surface area contributed by atoms with E-state index in [1.54, 1.807) is 36.8 Å². The molecule has 36 heavy (non-hydrogen) atoms. The predicted octanol–water partition coefficient (Wildman–Crippen LogP) is 4.76. The lowest BCUT2D eigenvalue weighted by molar-refractivity contribution is 0.104. The number of aromatic nitrogens is 4. The summed E-state index contributed by atoms with van der Waals surface area (Å²) in [6.45, 7) is 0. The van der Waals surface area contributed by atoms with Crippen LogP contribution in [-0.4, -0.2) is 61.9 Å². The molecule has 2 saturated heterocycles. The highest BCUT2D eigenvalue weighted by Crippen LogP contribution is 2.39. The van der Waals surface area contributed by atoms with Crippen molar-refractivity contribution in [3.63, 3.8) is 0 Å². The number of hydrogen-bond acceptors (Lipinski definition) is 8. The molecule has 0 unspecified atom stereocenters. The number of alkyl halides is 1. The Kier molecular flexibility index (Phi) is 6.25. The monoisotopic (exact) mass is 510 g/mol. The molecule has 7 nitrogen and oxygen atoms in total. The van der Waals surface area contributed by atoms with Crippen LogP contribution in [0.2, 0.25) is 0 Å². The number of halogens is 2. The Morgan fingerprint density at radius 1 is 1.06 bits per heavy atom. The molecule has 0 spiro atoms. The average molecular weight is 511 g/mol. The maximum atomic E-state index is 15.5. The van der Waals surface area contributed by atoms with Gasteiger partial charge in [0.2, 0.25) is 0 Å². The Morgan fingerprint density at radius 2 is 1.92 bits per heavy atom. The lowest BCUT2D eigenvalue weighted by Gasteiger charge is -2.47. The first-order chi connectivity index (χ1) is 17.5. The lowest BCUT2D eigenvalue weighted by Crippen LogP contribution is -2.62. The smallest absolute Gasteiger partial charge is 0.185 e. The molecule has 2 aromatic heterocycles. The first-order valence-electron chi connectivity index (χ1n) is 12.4. The van der Waals surface area contributed by atoms with E-state index < -0.39 is 12.0 Å². The van der Waals surface area contributed by atoms with Crippen LogP contribution in [0, 0.1) is 5.82 Å². The first kappa shape index (κ1) is 23.5. The van der Waals surface area contributed by atoms with Gasteiger partial charge < -0.3 is 15.3 Å². The Morgan fingerprint density at radius 3 is 2.61 bits per heavy atom. The average Bonchev–Trinajstić information content (AvgIpc) is 3.73. The molecule has 2 aliphatic heterocycles. The van der Waals surface area contributed by atoms with Crippen LogP contribution in [0.1, 0.15) is 38.5 Å². The zero-order valence-electron chi connectivity index (χ0n) is 19.9. The predicted molar refractivity (Wildman–Crippen MR) is 135 cm³/mol. The number of nitrogens with zero attached hydrogens (tertiary/aromatic N) is 5. The van der Waals surface area contributed by atoms with Crippen molar-refractivity contribution >= 4 is 17.6 Å². The molecule has 2 bridgehead atoms. The number of pyridine rings is 1. The summed E-state index contributed by atoms with van der Waals surface area (Å²) in [5, 5.41) is 23.2. The molecule has 3 fully saturated rings. The van der Waals surface area contributed by atoms with E-state index >= 15 is 4.39 Å². The first-order valence-corrected chi connectivity index (χ1v) is 13.7. The molecule has 188 valence electrons. The fourth-order valence-electron chi connectivity index (χ4n) is 5.57. The zero-order valence-corrected chi connectivity index (χ0v) is 20.8. The third kappa shape index (κ3) is 4.41. The van der Waals surface area contributed by atoms with Gasteiger partial charge in [-0.25, -0.2) is 18.7 Å². The van der Waals surface area contributed by atoms with E-state index in [-0.39, 0.29) is 29.7 Å². The molecule has 4 heterocycles. The minimum absolute atomic E-state index is 0.0366. The van der Waals surface area contributed by atoms with Gasteiger partial charge in [0.15, 0.2) is 17.5 Å². The summed E-state index contributed by atoms with van der Waals surface area (Å²) in [6, 6.07) is 6.69. The molecule has 4 atom stereocenters. The molecule has 1 aromatic carbocycles. The summed E-state index contributed by atoms with van der Waals surface area (Å²) in [5.74, 6) is 0.422. The number of rotatable bonds is 6. The van der Waals surface area contributed by atoms with Crippen LogP contribution in [0.4, 0.5) is 14.6 Å². The lowest BCUT2D eigenvalue weighted by atomic mass is 9.82. The second kappa shape index (κ2) is 9.55. The summed E-state index contributed by atoms with van der Waals surface area (Å²) >= 11 is 1.24. The van der Waals surface area contributed by atoms with Crippen LogP contribution >= 0.6 is 11.8 Å². The van der Waals surface area contributed by atoms with Gasteiger partial charge in [0.25, 0.3) is 0 Å². The molecular formula is C26H28F2N6OS. The molecule has 3 aliphatic rings. The maximum absolute atomic E-state index is 15.5. The normalized spacial score (nSPS) is 25.5. The van der Waals surface area contributed by atoms with Crippen molar-refractivity contribution in [1.29, 1.82) is 0 Å². The number of anilines is 1. The number of piperidine rings is 2. The summed E-state index contributed by atoms with van der Waals surface area (Å²) in [4.78, 5) is 10.7. The molecule has 0 radical (unpaired) electrons. The van der Waals surface area contributed by atoms with Gasteiger partial charge in [-0.2, -0.15) is 0 Å². The number of aromatic hydroxyl groups is 1. The Balaban J connectivity index is 1.25. The summed E-state index contributed by atoms with van der Waals surface area (Å²) in [7, 11) is 0. The Hall–Kier alpha value is -2.85. The fraction of sp³-hybridized carbons (Fsp3) is 0.462. The molecule has 1 saturated carbocycles. The number of phenols is 1. The van der Waals surface area contributed by atoms with E-state index in [0.717, 1.165) is 38.5 Å². The number of thioether (sulfide) groups is 1. The SMILES string of the molecule is CSc1ncc(-c2ccc(-c3ncc(N(C4CC4)[C@@H]4C[C@@H]5CCC[C@H](N5)[C@@H]4F)nn3)c(O)c2)cc1F. The number of nitrogens with one attached hydrogen (secondary N) is 1. The maximum Gasteiger partial charge on any atom is 0.185 e. The van der Waals surface area contributed by atoms with E-state index in [0.29, 0.717) is 33.6 Å². The van der Waals surface area contributed by atoms with E-state index in [1.165, 1.54) is 17.8 Å². The van der Waals surface area contributed by atoms with E-state index in [9.17, 15) is 9.50 Å². The molecular weight excluding hydrogens is 482 g/mol. The number of benzene rings is 1. The standard InChI is InChI=1S/C26H28F2N6OS/c1-36-26-19(27)9-15(12-30-26)14-5-8-18(22(35)10-14)25-29-13-23(32-33-25)34(17-6-7-17)21-11-16-3-2-4-20(31-16)24(21)28/h5,8-10,12-13,16-17,20-21,24,31,35H,2-4,6-7,11H2,1H3/t16-,20-,21+,24-/m0/s1. The van der Waals surface area contributed by atoms with Crippen LogP contribution in [0.15, 0.2) is 41.7 Å². The van der Waals surface area contributed by atoms with Crippen molar-refractivity contribution in [3.05, 3.63) is 42.5 Å². The van der Waals surface area contributed by atoms with Crippen LogP contribution in [-0.2, 0) is 0 Å². The van der Waals surface area contributed by atoms with Crippen molar-refractivity contribution in [1.82, 2.24) is 25.5 Å². The van der Waals surface area contributed by atoms with Gasteiger partial charge in [-0.05, 0) is 62.1 Å². The van der Waals surface area contributed by atoms with Crippen LogP contribution < -0.4 is 10.2 Å². The van der Waals surface area contributed by atoms with E-state index in [2.05, 4.69) is 30.4 Å². The minimum Gasteiger partial charge on any atom is -0.507 e. The second-order valence-electron chi connectivity index (χ2n) is 9.87. The van der Waals surface area contributed by atoms with E-state index in [4.69, 9.17) is 0 Å². The fourth-order valence-corrected chi connectivity index (χ4v) is 5.98. The third-order valence-corrected chi connectivity index (χ3v) is 8.17. The van der Waals surface area contributed by atoms with Gasteiger partial charge in [-0.15, -0.1) is 22.0 Å². The Labute approximate surface area is 212 Å². The van der Waals surface area contributed by atoms with Crippen LogP contribution in [0.3, 0.4) is 0 Å². The van der Waals surface area contributed by atoms with Crippen molar-refractivity contribution in [2.45, 2.75) is 73.9 Å². The number of fused-ring (bicyclic) bond motifs is 2. The van der Waals surface area contributed by atoms with Crippen LogP contribution in [0.25, 0.3) is 22.5 Å². The van der Waals surface area contributed by atoms with Gasteiger partial charge in [0.05, 0.1) is 17.8 Å². The minimum atomic E-state index is -0.954. The largest absolute Gasteiger partial charge is 0.507 e. The van der Waals surface area contributed by atoms with Gasteiger partial charge in [0.1, 0.15) is 16.9 Å². The highest BCUT2D eigenvalue weighted by atomic mass is 32.2. The summed E-state index contributed by atoms with van der Waals surface area (Å²) in [5.41, 5.74) is 1.61. The molecule has 3 aromatic rings. The molecule has 2 N–H and O–H groups in total. The zero-order chi connectivity index (χ0) is 24.8. The molecule has 0 amide bonds. The van der Waals surface area contributed by atoms with Crippen molar-refractivity contribution < 1.29 is 13.9 Å². The quantitative estimate of drug-likeness (QED) is 0.459. The topological polar surface area (TPSA) is 87.1 Å². The highest BCUT2D eigenvalue weighted by Gasteiger charge is 2.46. The summed E-state index contributed by atoms with van der Waals surface area (Å²) in [6.07, 6.45) is 9.85. The van der Waals surface area contributed by atoms with Gasteiger partial charge in [0, 0.05) is 29.9 Å². The van der Waals surface area contributed by atoms with Crippen molar-refractivity contribution in [2.75, 3.05) is 11.2 Å². The van der Waals surface area contributed by atoms with Gasteiger partial charge >= 0.3 is 0 Å². The number of hydrogen-bond donors (Lipinski definition) is 2. The molecule has 1 aliphatic carbocycles. The molecule has 10 heteroatoms. The number of phenolic OH excluding ortho intramolecular Hbond substituents is 1. The van der Waals surface area contributed by atoms with Crippen molar-refractivity contribution in [2.24, 2.45) is 0 Å². The third-order valence-electron chi connectivity index (χ3n) is 7.48. The Bertz CT molecular complexity index is 1260. The highest BCUT2D eigenvalue weighted by molar-refractivity contribution is 7.98.